The van der Waals surface area contributed by atoms with Crippen molar-refractivity contribution >= 4 is 11.6 Å². The molecule has 0 aromatic heterocycles. The lowest BCUT2D eigenvalue weighted by atomic mass is 9.97. The van der Waals surface area contributed by atoms with Crippen molar-refractivity contribution in [1.29, 1.82) is 0 Å². The number of nitrogens with one attached hydrogen (secondary N) is 3. The molecule has 4 aromatic carbocycles. The zero-order valence-electron chi connectivity index (χ0n) is 22.4. The second kappa shape index (κ2) is 14.0. The van der Waals surface area contributed by atoms with Crippen molar-refractivity contribution in [3.8, 4) is 22.6 Å². The molecule has 0 spiro atoms. The highest BCUT2D eigenvalue weighted by atomic mass is 16.5. The molecule has 39 heavy (non-hydrogen) atoms. The molecule has 7 heteroatoms. The third kappa shape index (κ3) is 8.07. The van der Waals surface area contributed by atoms with Crippen LogP contribution in [0.2, 0.25) is 0 Å². The van der Waals surface area contributed by atoms with Crippen LogP contribution in [0.1, 0.15) is 29.2 Å². The molecule has 1 amide bonds. The van der Waals surface area contributed by atoms with Crippen LogP contribution in [-0.4, -0.2) is 24.2 Å². The van der Waals surface area contributed by atoms with E-state index in [0.29, 0.717) is 38.5 Å². The molecule has 0 unspecified atom stereocenters. The first-order valence-corrected chi connectivity index (χ1v) is 13.0. The van der Waals surface area contributed by atoms with Crippen LogP contribution in [-0.2, 0) is 24.6 Å². The molecule has 0 saturated carbocycles. The quantitative estimate of drug-likeness (QED) is 0.129. The summed E-state index contributed by atoms with van der Waals surface area (Å²) in [5.41, 5.74) is 9.41. The fourth-order valence-electron chi connectivity index (χ4n) is 4.22. The Morgan fingerprint density at radius 3 is 2.36 bits per heavy atom. The van der Waals surface area contributed by atoms with Gasteiger partial charge in [0.15, 0.2) is 0 Å². The van der Waals surface area contributed by atoms with E-state index in [-0.39, 0.29) is 5.91 Å². The molecule has 202 valence electrons. The third-order valence-corrected chi connectivity index (χ3v) is 6.43. The molecule has 0 saturated heterocycles. The van der Waals surface area contributed by atoms with E-state index in [2.05, 4.69) is 53.4 Å². The lowest BCUT2D eigenvalue weighted by molar-refractivity contribution is -0.118. The van der Waals surface area contributed by atoms with Crippen LogP contribution in [0.4, 0.5) is 5.69 Å². The van der Waals surface area contributed by atoms with Crippen molar-refractivity contribution in [3.05, 3.63) is 113 Å². The number of carbonyl (C=O) groups excluding carboxylic acids is 1. The number of hydrogen-bond acceptors (Lipinski definition) is 6. The standard InChI is InChI=1S/C32H35N3O4/c1-23-28(9-6-10-31(23)26-7-4-3-5-8-26)22-38-30-16-13-27(20-33-17-18-34-24(2)36)32(19-30)39-21-25-11-14-29(35-37)15-12-25/h3-16,19,33,35,37H,17-18,20-22H2,1-2H3,(H,34,36). The first-order valence-electron chi connectivity index (χ1n) is 13.0. The Hall–Kier alpha value is -4.33. The first-order chi connectivity index (χ1) is 19.0. The SMILES string of the molecule is CC(=O)NCCNCc1ccc(OCc2cccc(-c3ccccc3)c2C)cc1OCc1ccc(NO)cc1. The Bertz CT molecular complexity index is 1360. The second-order valence-electron chi connectivity index (χ2n) is 9.27. The Morgan fingerprint density at radius 2 is 1.62 bits per heavy atom. The normalized spacial score (nSPS) is 10.6. The van der Waals surface area contributed by atoms with Crippen LogP contribution in [0.15, 0.2) is 91.0 Å². The summed E-state index contributed by atoms with van der Waals surface area (Å²) in [5, 5.41) is 15.2. The Morgan fingerprint density at radius 1 is 0.821 bits per heavy atom. The van der Waals surface area contributed by atoms with Crippen LogP contribution in [0, 0.1) is 6.92 Å². The molecule has 0 radical (unpaired) electrons. The Labute approximate surface area is 229 Å². The summed E-state index contributed by atoms with van der Waals surface area (Å²) >= 11 is 0. The molecular formula is C32H35N3O4. The first kappa shape index (κ1) is 27.7. The molecule has 0 atom stereocenters. The van der Waals surface area contributed by atoms with Crippen molar-refractivity contribution in [1.82, 2.24) is 10.6 Å². The highest BCUT2D eigenvalue weighted by Gasteiger charge is 2.10. The molecule has 0 aliphatic rings. The largest absolute Gasteiger partial charge is 0.489 e. The molecule has 7 nitrogen and oxygen atoms in total. The highest BCUT2D eigenvalue weighted by Crippen LogP contribution is 2.29. The summed E-state index contributed by atoms with van der Waals surface area (Å²) in [7, 11) is 0. The van der Waals surface area contributed by atoms with Gasteiger partial charge in [-0.1, -0.05) is 66.7 Å². The van der Waals surface area contributed by atoms with Crippen molar-refractivity contribution in [3.63, 3.8) is 0 Å². The third-order valence-electron chi connectivity index (χ3n) is 6.43. The van der Waals surface area contributed by atoms with Crippen LogP contribution >= 0.6 is 0 Å². The fraction of sp³-hybridized carbons (Fsp3) is 0.219. The average molecular weight is 526 g/mol. The maximum absolute atomic E-state index is 11.1. The van der Waals surface area contributed by atoms with E-state index in [0.717, 1.165) is 28.2 Å². The van der Waals surface area contributed by atoms with Crippen LogP contribution < -0.4 is 25.6 Å². The summed E-state index contributed by atoms with van der Waals surface area (Å²) in [5.74, 6) is 1.39. The van der Waals surface area contributed by atoms with Crippen LogP contribution in [0.25, 0.3) is 11.1 Å². The minimum Gasteiger partial charge on any atom is -0.489 e. The van der Waals surface area contributed by atoms with Gasteiger partial charge < -0.3 is 20.1 Å². The minimum atomic E-state index is -0.0470. The summed E-state index contributed by atoms with van der Waals surface area (Å²) < 4.78 is 12.4. The summed E-state index contributed by atoms with van der Waals surface area (Å²) in [6.45, 7) is 6.22. The lowest BCUT2D eigenvalue weighted by Gasteiger charge is -2.16. The van der Waals surface area contributed by atoms with Crippen LogP contribution in [0.3, 0.4) is 0 Å². The number of hydrogen-bond donors (Lipinski definition) is 4. The smallest absolute Gasteiger partial charge is 0.216 e. The Balaban J connectivity index is 1.46. The van der Waals surface area contributed by atoms with Gasteiger partial charge in [-0.25, -0.2) is 0 Å². The molecule has 0 aliphatic carbocycles. The molecule has 0 fully saturated rings. The van der Waals surface area contributed by atoms with Gasteiger partial charge in [0, 0.05) is 38.2 Å². The van der Waals surface area contributed by atoms with Gasteiger partial charge in [-0.3, -0.25) is 15.5 Å². The van der Waals surface area contributed by atoms with Gasteiger partial charge in [0.05, 0.1) is 5.69 Å². The van der Waals surface area contributed by atoms with E-state index in [4.69, 9.17) is 14.7 Å². The van der Waals surface area contributed by atoms with Gasteiger partial charge in [0.25, 0.3) is 0 Å². The average Bonchev–Trinajstić information content (AvgIpc) is 2.96. The van der Waals surface area contributed by atoms with Gasteiger partial charge >= 0.3 is 0 Å². The number of anilines is 1. The topological polar surface area (TPSA) is 91.9 Å². The number of amides is 1. The van der Waals surface area contributed by atoms with Gasteiger partial charge in [0.1, 0.15) is 24.7 Å². The molecule has 0 heterocycles. The summed E-state index contributed by atoms with van der Waals surface area (Å²) in [6.07, 6.45) is 0. The monoisotopic (exact) mass is 525 g/mol. The number of ether oxygens (including phenoxy) is 2. The van der Waals surface area contributed by atoms with E-state index in [1.165, 1.54) is 23.6 Å². The van der Waals surface area contributed by atoms with Gasteiger partial charge in [0.2, 0.25) is 5.91 Å². The zero-order chi connectivity index (χ0) is 27.5. The fourth-order valence-corrected chi connectivity index (χ4v) is 4.22. The molecular weight excluding hydrogens is 490 g/mol. The molecule has 4 N–H and O–H groups in total. The van der Waals surface area contributed by atoms with E-state index in [1.807, 2.05) is 48.5 Å². The summed E-state index contributed by atoms with van der Waals surface area (Å²) in [4.78, 5) is 11.1. The minimum absolute atomic E-state index is 0.0470. The van der Waals surface area contributed by atoms with Gasteiger partial charge in [-0.15, -0.1) is 0 Å². The molecule has 4 aromatic rings. The van der Waals surface area contributed by atoms with Crippen LogP contribution in [0.5, 0.6) is 11.5 Å². The Kier molecular flexibility index (Phi) is 9.94. The predicted molar refractivity (Wildman–Crippen MR) is 154 cm³/mol. The maximum Gasteiger partial charge on any atom is 0.216 e. The molecule has 0 aliphatic heterocycles. The zero-order valence-corrected chi connectivity index (χ0v) is 22.4. The predicted octanol–water partition coefficient (Wildman–Crippen LogP) is 5.85. The molecule has 0 bridgehead atoms. The van der Waals surface area contributed by atoms with Crippen molar-refractivity contribution in [2.45, 2.75) is 33.6 Å². The summed E-state index contributed by atoms with van der Waals surface area (Å²) in [6, 6.07) is 29.9. The number of benzene rings is 4. The van der Waals surface area contributed by atoms with E-state index >= 15 is 0 Å². The highest BCUT2D eigenvalue weighted by molar-refractivity contribution is 5.72. The van der Waals surface area contributed by atoms with Crippen molar-refractivity contribution < 1.29 is 19.5 Å². The second-order valence-corrected chi connectivity index (χ2v) is 9.27. The van der Waals surface area contributed by atoms with E-state index in [9.17, 15) is 4.79 Å². The van der Waals surface area contributed by atoms with Crippen molar-refractivity contribution in [2.24, 2.45) is 0 Å². The van der Waals surface area contributed by atoms with Gasteiger partial charge in [-0.05, 0) is 52.9 Å². The van der Waals surface area contributed by atoms with Crippen molar-refractivity contribution in [2.75, 3.05) is 18.6 Å². The van der Waals surface area contributed by atoms with E-state index < -0.39 is 0 Å². The van der Waals surface area contributed by atoms with Gasteiger partial charge in [-0.2, -0.15) is 0 Å². The number of carbonyl (C=O) groups is 1. The maximum atomic E-state index is 11.1. The number of rotatable bonds is 13. The lowest BCUT2D eigenvalue weighted by Crippen LogP contribution is -2.30. The van der Waals surface area contributed by atoms with E-state index in [1.54, 1.807) is 12.1 Å². The molecule has 4 rings (SSSR count).